The first-order valence-corrected chi connectivity index (χ1v) is 7.91. The molecule has 0 unspecified atom stereocenters. The summed E-state index contributed by atoms with van der Waals surface area (Å²) in [5, 5.41) is 3.93. The van der Waals surface area contributed by atoms with E-state index in [0.717, 1.165) is 11.1 Å². The van der Waals surface area contributed by atoms with Crippen LogP contribution in [0.25, 0.3) is 0 Å². The second-order valence-electron chi connectivity index (χ2n) is 5.12. The number of hydrazone groups is 1. The largest absolute Gasteiger partial charge is 0.482 e. The molecule has 0 aliphatic heterocycles. The van der Waals surface area contributed by atoms with Gasteiger partial charge in [0.15, 0.2) is 6.61 Å². The van der Waals surface area contributed by atoms with Gasteiger partial charge in [0.2, 0.25) is 5.91 Å². The van der Waals surface area contributed by atoms with Crippen molar-refractivity contribution >= 4 is 18.1 Å². The highest BCUT2D eigenvalue weighted by Gasteiger charge is 2.03. The van der Waals surface area contributed by atoms with Gasteiger partial charge >= 0.3 is 5.97 Å². The summed E-state index contributed by atoms with van der Waals surface area (Å²) in [6.45, 7) is 1.94. The fourth-order valence-electron chi connectivity index (χ4n) is 1.99. The van der Waals surface area contributed by atoms with Crippen molar-refractivity contribution in [3.63, 3.8) is 0 Å². The van der Waals surface area contributed by atoms with Crippen molar-refractivity contribution in [3.8, 4) is 5.75 Å². The molecule has 2 aromatic carbocycles. The van der Waals surface area contributed by atoms with E-state index in [9.17, 15) is 9.59 Å². The molecule has 0 saturated heterocycles. The minimum Gasteiger partial charge on any atom is -0.482 e. The van der Waals surface area contributed by atoms with Crippen LogP contribution in [0, 0.1) is 0 Å². The molecule has 0 aliphatic carbocycles. The van der Waals surface area contributed by atoms with Crippen molar-refractivity contribution < 1.29 is 19.1 Å². The van der Waals surface area contributed by atoms with Gasteiger partial charge in [0.25, 0.3) is 0 Å². The van der Waals surface area contributed by atoms with Crippen LogP contribution >= 0.6 is 0 Å². The highest BCUT2D eigenvalue weighted by Crippen LogP contribution is 2.11. The lowest BCUT2D eigenvalue weighted by atomic mass is 10.1. The Labute approximate surface area is 146 Å². The number of carbonyl (C=O) groups excluding carboxylic acids is 2. The number of nitrogens with zero attached hydrogens (tertiary/aromatic N) is 1. The minimum atomic E-state index is -0.408. The molecular formula is C19H20N2O4. The summed E-state index contributed by atoms with van der Waals surface area (Å²) in [6, 6.07) is 16.4. The van der Waals surface area contributed by atoms with Gasteiger partial charge in [0.05, 0.1) is 19.2 Å². The number of nitrogens with one attached hydrogen (secondary N) is 1. The van der Waals surface area contributed by atoms with E-state index in [1.807, 2.05) is 30.3 Å². The maximum Gasteiger partial charge on any atom is 0.344 e. The summed E-state index contributed by atoms with van der Waals surface area (Å²) in [7, 11) is 0. The van der Waals surface area contributed by atoms with Crippen molar-refractivity contribution in [2.45, 2.75) is 13.3 Å². The van der Waals surface area contributed by atoms with Gasteiger partial charge in [0, 0.05) is 0 Å². The van der Waals surface area contributed by atoms with E-state index >= 15 is 0 Å². The van der Waals surface area contributed by atoms with Gasteiger partial charge in [-0.05, 0) is 42.3 Å². The van der Waals surface area contributed by atoms with Gasteiger partial charge in [-0.15, -0.1) is 0 Å². The summed E-state index contributed by atoms with van der Waals surface area (Å²) in [5.74, 6) is -0.0376. The summed E-state index contributed by atoms with van der Waals surface area (Å²) >= 11 is 0. The number of rotatable bonds is 8. The number of carbonyl (C=O) groups is 2. The smallest absolute Gasteiger partial charge is 0.344 e. The zero-order valence-corrected chi connectivity index (χ0v) is 14.0. The molecule has 0 aliphatic rings. The first kappa shape index (κ1) is 18.2. The average molecular weight is 340 g/mol. The Morgan fingerprint density at radius 1 is 1.08 bits per heavy atom. The van der Waals surface area contributed by atoms with Crippen LogP contribution in [0.2, 0.25) is 0 Å². The summed E-state index contributed by atoms with van der Waals surface area (Å²) in [5.41, 5.74) is 4.21. The lowest BCUT2D eigenvalue weighted by molar-refractivity contribution is -0.145. The van der Waals surface area contributed by atoms with E-state index < -0.39 is 5.97 Å². The summed E-state index contributed by atoms with van der Waals surface area (Å²) in [6.07, 6.45) is 1.82. The van der Waals surface area contributed by atoms with Crippen LogP contribution in [0.5, 0.6) is 5.75 Å². The van der Waals surface area contributed by atoms with Gasteiger partial charge in [0.1, 0.15) is 5.75 Å². The second kappa shape index (κ2) is 9.87. The Kier molecular flexibility index (Phi) is 7.18. The molecule has 0 radical (unpaired) electrons. The predicted octanol–water partition coefficient (Wildman–Crippen LogP) is 2.32. The van der Waals surface area contributed by atoms with Crippen LogP contribution in [-0.4, -0.2) is 31.3 Å². The second-order valence-corrected chi connectivity index (χ2v) is 5.12. The lowest BCUT2D eigenvalue weighted by Crippen LogP contribution is -2.19. The van der Waals surface area contributed by atoms with Crippen molar-refractivity contribution in [2.75, 3.05) is 13.2 Å². The first-order chi connectivity index (χ1) is 12.2. The van der Waals surface area contributed by atoms with Crippen LogP contribution in [-0.2, 0) is 20.7 Å². The Hall–Kier alpha value is -3.15. The Balaban J connectivity index is 1.77. The number of esters is 1. The predicted molar refractivity (Wildman–Crippen MR) is 94.5 cm³/mol. The molecule has 25 heavy (non-hydrogen) atoms. The summed E-state index contributed by atoms with van der Waals surface area (Å²) < 4.78 is 10.1. The van der Waals surface area contributed by atoms with E-state index in [1.165, 1.54) is 6.21 Å². The third-order valence-electron chi connectivity index (χ3n) is 3.15. The minimum absolute atomic E-state index is 0.128. The quantitative estimate of drug-likeness (QED) is 0.454. The molecule has 0 heterocycles. The fraction of sp³-hybridized carbons (Fsp3) is 0.211. The maximum atomic E-state index is 11.8. The number of amides is 1. The van der Waals surface area contributed by atoms with Crippen LogP contribution in [0.4, 0.5) is 0 Å². The molecule has 0 atom stereocenters. The van der Waals surface area contributed by atoms with Crippen molar-refractivity contribution in [3.05, 3.63) is 65.7 Å². The molecule has 2 aromatic rings. The molecule has 1 amide bonds. The average Bonchev–Trinajstić information content (AvgIpc) is 2.62. The number of hydrogen-bond donors (Lipinski definition) is 1. The van der Waals surface area contributed by atoms with E-state index in [-0.39, 0.29) is 18.9 Å². The zero-order valence-electron chi connectivity index (χ0n) is 14.0. The van der Waals surface area contributed by atoms with Gasteiger partial charge in [-0.25, -0.2) is 10.2 Å². The molecule has 1 N–H and O–H groups in total. The van der Waals surface area contributed by atoms with Crippen LogP contribution in [0.1, 0.15) is 18.1 Å². The van der Waals surface area contributed by atoms with E-state index in [1.54, 1.807) is 31.2 Å². The highest BCUT2D eigenvalue weighted by atomic mass is 16.6. The molecule has 0 saturated carbocycles. The van der Waals surface area contributed by atoms with Crippen LogP contribution in [0.15, 0.2) is 59.7 Å². The van der Waals surface area contributed by atoms with Crippen molar-refractivity contribution in [1.29, 1.82) is 0 Å². The van der Waals surface area contributed by atoms with Crippen molar-refractivity contribution in [1.82, 2.24) is 5.43 Å². The molecule has 6 nitrogen and oxygen atoms in total. The molecule has 0 bridgehead atoms. The third kappa shape index (κ3) is 6.87. The highest BCUT2D eigenvalue weighted by molar-refractivity contribution is 5.83. The third-order valence-corrected chi connectivity index (χ3v) is 3.15. The number of benzene rings is 2. The van der Waals surface area contributed by atoms with Crippen LogP contribution < -0.4 is 10.2 Å². The standard InChI is InChI=1S/C19H20N2O4/c1-2-24-19(23)14-25-17-10-8-16(9-11-17)13-20-21-18(22)12-15-6-4-3-5-7-15/h3-11,13H,2,12,14H2,1H3,(H,21,22)/b20-13+. The summed E-state index contributed by atoms with van der Waals surface area (Å²) in [4.78, 5) is 23.0. The molecular weight excluding hydrogens is 320 g/mol. The fourth-order valence-corrected chi connectivity index (χ4v) is 1.99. The molecule has 0 fully saturated rings. The number of ether oxygens (including phenoxy) is 2. The number of hydrogen-bond acceptors (Lipinski definition) is 5. The van der Waals surface area contributed by atoms with Gasteiger partial charge in [-0.1, -0.05) is 30.3 Å². The SMILES string of the molecule is CCOC(=O)COc1ccc(/C=N/NC(=O)Cc2ccccc2)cc1. The molecule has 2 rings (SSSR count). The Morgan fingerprint density at radius 3 is 2.48 bits per heavy atom. The van der Waals surface area contributed by atoms with Gasteiger partial charge in [-0.3, -0.25) is 4.79 Å². The van der Waals surface area contributed by atoms with E-state index in [4.69, 9.17) is 9.47 Å². The Bertz CT molecular complexity index is 712. The maximum absolute atomic E-state index is 11.8. The normalized spacial score (nSPS) is 10.4. The monoisotopic (exact) mass is 340 g/mol. The topological polar surface area (TPSA) is 77.0 Å². The Morgan fingerprint density at radius 2 is 1.80 bits per heavy atom. The molecule has 0 spiro atoms. The van der Waals surface area contributed by atoms with E-state index in [0.29, 0.717) is 12.4 Å². The zero-order chi connectivity index (χ0) is 17.9. The van der Waals surface area contributed by atoms with Gasteiger partial charge < -0.3 is 9.47 Å². The van der Waals surface area contributed by atoms with Crippen LogP contribution in [0.3, 0.4) is 0 Å². The molecule has 6 heteroatoms. The van der Waals surface area contributed by atoms with E-state index in [2.05, 4.69) is 10.5 Å². The molecule has 0 aromatic heterocycles. The van der Waals surface area contributed by atoms with Gasteiger partial charge in [-0.2, -0.15) is 5.10 Å². The first-order valence-electron chi connectivity index (χ1n) is 7.91. The lowest BCUT2D eigenvalue weighted by Gasteiger charge is -2.05. The molecule has 130 valence electrons. The van der Waals surface area contributed by atoms with Crippen molar-refractivity contribution in [2.24, 2.45) is 5.10 Å².